The second-order valence-electron chi connectivity index (χ2n) is 3.40. The van der Waals surface area contributed by atoms with Gasteiger partial charge in [0.2, 0.25) is 5.60 Å². The molecule has 0 aliphatic heterocycles. The smallest absolute Gasteiger partial charge is 0.436 e. The summed E-state index contributed by atoms with van der Waals surface area (Å²) in [5, 5.41) is 0. The lowest BCUT2D eigenvalue weighted by Crippen LogP contribution is -2.44. The van der Waals surface area contributed by atoms with Crippen LogP contribution < -0.4 is 0 Å². The maximum Gasteiger partial charge on any atom is 0.436 e. The summed E-state index contributed by atoms with van der Waals surface area (Å²) in [5.41, 5.74) is -2.97. The molecule has 0 bridgehead atoms. The van der Waals surface area contributed by atoms with Gasteiger partial charge in [0.25, 0.3) is 0 Å². The minimum absolute atomic E-state index is 0.183. The molecule has 5 heteroatoms. The van der Waals surface area contributed by atoms with Crippen LogP contribution in [0.2, 0.25) is 0 Å². The first-order chi connectivity index (χ1) is 7.83. The second kappa shape index (κ2) is 4.61. The maximum atomic E-state index is 13.1. The first-order valence-electron chi connectivity index (χ1n) is 4.79. The van der Waals surface area contributed by atoms with Crippen molar-refractivity contribution in [3.05, 3.63) is 48.6 Å². The molecule has 92 valence electrons. The van der Waals surface area contributed by atoms with Crippen molar-refractivity contribution in [2.45, 2.75) is 18.7 Å². The summed E-state index contributed by atoms with van der Waals surface area (Å²) in [6, 6.07) is 6.91. The van der Waals surface area contributed by atoms with Gasteiger partial charge < -0.3 is 4.74 Å². The van der Waals surface area contributed by atoms with Crippen molar-refractivity contribution in [1.82, 2.24) is 0 Å². The van der Waals surface area contributed by atoms with Crippen molar-refractivity contribution in [1.29, 1.82) is 0 Å². The van der Waals surface area contributed by atoms with Crippen LogP contribution in [-0.2, 0) is 15.1 Å². The molecule has 17 heavy (non-hydrogen) atoms. The molecule has 1 atom stereocenters. The van der Waals surface area contributed by atoms with Gasteiger partial charge in [0.15, 0.2) is 0 Å². The fourth-order valence-electron chi connectivity index (χ4n) is 1.47. The van der Waals surface area contributed by atoms with Crippen molar-refractivity contribution in [3.8, 4) is 0 Å². The third-order valence-electron chi connectivity index (χ3n) is 2.22. The summed E-state index contributed by atoms with van der Waals surface area (Å²) >= 11 is 0. The van der Waals surface area contributed by atoms with Crippen LogP contribution >= 0.6 is 0 Å². The molecule has 0 N–H and O–H groups in total. The van der Waals surface area contributed by atoms with Crippen molar-refractivity contribution in [2.75, 3.05) is 0 Å². The van der Waals surface area contributed by atoms with Gasteiger partial charge in [-0.1, -0.05) is 36.9 Å². The lowest BCUT2D eigenvalue weighted by Gasteiger charge is -2.32. The third-order valence-corrected chi connectivity index (χ3v) is 2.22. The Balaban J connectivity index is 3.37. The van der Waals surface area contributed by atoms with Crippen LogP contribution in [0.1, 0.15) is 12.5 Å². The predicted octanol–water partition coefficient (Wildman–Crippen LogP) is 3.19. The Morgan fingerprint density at radius 3 is 2.18 bits per heavy atom. The van der Waals surface area contributed by atoms with E-state index >= 15 is 0 Å². The lowest BCUT2D eigenvalue weighted by atomic mass is 9.93. The molecule has 0 aromatic heterocycles. The highest BCUT2D eigenvalue weighted by molar-refractivity contribution is 5.67. The SMILES string of the molecule is C=C[C@@](OC(C)=O)(c1ccccc1)C(F)(F)F. The Morgan fingerprint density at radius 1 is 1.29 bits per heavy atom. The van der Waals surface area contributed by atoms with Crippen LogP contribution in [0.4, 0.5) is 13.2 Å². The molecule has 1 aromatic carbocycles. The van der Waals surface area contributed by atoms with Crippen molar-refractivity contribution >= 4 is 5.97 Å². The monoisotopic (exact) mass is 244 g/mol. The summed E-state index contributed by atoms with van der Waals surface area (Å²) in [6.45, 7) is 4.06. The van der Waals surface area contributed by atoms with Crippen molar-refractivity contribution in [2.24, 2.45) is 0 Å². The number of benzene rings is 1. The third kappa shape index (κ3) is 2.49. The van der Waals surface area contributed by atoms with Crippen molar-refractivity contribution in [3.63, 3.8) is 0 Å². The summed E-state index contributed by atoms with van der Waals surface area (Å²) in [6.07, 6.45) is -4.18. The number of halogens is 3. The molecule has 0 saturated heterocycles. The van der Waals surface area contributed by atoms with Gasteiger partial charge in [-0.15, -0.1) is 0 Å². The van der Waals surface area contributed by atoms with Gasteiger partial charge in [0, 0.05) is 12.5 Å². The Hall–Kier alpha value is -1.78. The standard InChI is InChI=1S/C12H11F3O2/c1-3-11(12(13,14)15,17-9(2)16)10-7-5-4-6-8-10/h3-8H,1H2,2H3/t11-/m1/s1. The number of alkyl halides is 3. The van der Waals surface area contributed by atoms with E-state index in [4.69, 9.17) is 0 Å². The van der Waals surface area contributed by atoms with E-state index in [0.717, 1.165) is 6.92 Å². The van der Waals surface area contributed by atoms with Crippen LogP contribution in [0.15, 0.2) is 43.0 Å². The molecular weight excluding hydrogens is 233 g/mol. The van der Waals surface area contributed by atoms with Gasteiger partial charge >= 0.3 is 12.1 Å². The van der Waals surface area contributed by atoms with E-state index in [9.17, 15) is 18.0 Å². The molecule has 0 saturated carbocycles. The first kappa shape index (κ1) is 13.3. The van der Waals surface area contributed by atoms with Gasteiger partial charge in [-0.3, -0.25) is 4.79 Å². The molecule has 1 rings (SSSR count). The molecule has 0 amide bonds. The molecular formula is C12H11F3O2. The fraction of sp³-hybridized carbons (Fsp3) is 0.250. The maximum absolute atomic E-state index is 13.1. The molecule has 0 fully saturated rings. The number of ether oxygens (including phenoxy) is 1. The Bertz CT molecular complexity index is 412. The van der Waals surface area contributed by atoms with E-state index in [1.807, 2.05) is 0 Å². The number of rotatable bonds is 3. The van der Waals surface area contributed by atoms with Gasteiger partial charge in [-0.2, -0.15) is 13.2 Å². The number of carbonyl (C=O) groups excluding carboxylic acids is 1. The molecule has 0 aliphatic carbocycles. The van der Waals surface area contributed by atoms with Gasteiger partial charge in [0.1, 0.15) is 0 Å². The lowest BCUT2D eigenvalue weighted by molar-refractivity contribution is -0.256. The van der Waals surface area contributed by atoms with Crippen molar-refractivity contribution < 1.29 is 22.7 Å². The highest BCUT2D eigenvalue weighted by atomic mass is 19.4. The number of hydrogen-bond donors (Lipinski definition) is 0. The van der Waals surface area contributed by atoms with E-state index in [1.165, 1.54) is 24.3 Å². The number of hydrogen-bond acceptors (Lipinski definition) is 2. The highest BCUT2D eigenvalue weighted by Crippen LogP contribution is 2.43. The first-order valence-corrected chi connectivity index (χ1v) is 4.79. The van der Waals surface area contributed by atoms with Crippen LogP contribution in [0.5, 0.6) is 0 Å². The number of carbonyl (C=O) groups is 1. The average Bonchev–Trinajstić information content (AvgIpc) is 2.25. The summed E-state index contributed by atoms with van der Waals surface area (Å²) in [7, 11) is 0. The zero-order valence-electron chi connectivity index (χ0n) is 9.12. The van der Waals surface area contributed by atoms with Crippen LogP contribution in [-0.4, -0.2) is 12.1 Å². The van der Waals surface area contributed by atoms with Gasteiger partial charge in [-0.05, 0) is 6.08 Å². The van der Waals surface area contributed by atoms with E-state index in [2.05, 4.69) is 11.3 Å². The van der Waals surface area contributed by atoms with Crippen LogP contribution in [0.3, 0.4) is 0 Å². The molecule has 1 aromatic rings. The Kier molecular flexibility index (Phi) is 3.60. The zero-order valence-corrected chi connectivity index (χ0v) is 9.12. The molecule has 0 spiro atoms. The summed E-state index contributed by atoms with van der Waals surface area (Å²) in [5.74, 6) is -1.02. The molecule has 0 unspecified atom stereocenters. The minimum atomic E-state index is -4.76. The van der Waals surface area contributed by atoms with Gasteiger partial charge in [0.05, 0.1) is 0 Å². The minimum Gasteiger partial charge on any atom is -0.440 e. The molecule has 0 heterocycles. The summed E-state index contributed by atoms with van der Waals surface area (Å²) in [4.78, 5) is 10.9. The average molecular weight is 244 g/mol. The largest absolute Gasteiger partial charge is 0.440 e. The second-order valence-corrected chi connectivity index (χ2v) is 3.40. The highest BCUT2D eigenvalue weighted by Gasteiger charge is 2.57. The zero-order chi connectivity index (χ0) is 13.1. The number of esters is 1. The van der Waals surface area contributed by atoms with Crippen LogP contribution in [0, 0.1) is 0 Å². The predicted molar refractivity (Wildman–Crippen MR) is 56.1 cm³/mol. The molecule has 2 nitrogen and oxygen atoms in total. The fourth-order valence-corrected chi connectivity index (χ4v) is 1.47. The molecule has 0 radical (unpaired) electrons. The Labute approximate surface area is 96.7 Å². The quantitative estimate of drug-likeness (QED) is 0.603. The summed E-state index contributed by atoms with van der Waals surface area (Å²) < 4.78 is 43.7. The van der Waals surface area contributed by atoms with E-state index in [1.54, 1.807) is 6.07 Å². The van der Waals surface area contributed by atoms with E-state index < -0.39 is 17.7 Å². The van der Waals surface area contributed by atoms with E-state index in [0.29, 0.717) is 6.08 Å². The molecule has 0 aliphatic rings. The Morgan fingerprint density at radius 2 is 1.82 bits per heavy atom. The van der Waals surface area contributed by atoms with E-state index in [-0.39, 0.29) is 5.56 Å². The van der Waals surface area contributed by atoms with Gasteiger partial charge in [-0.25, -0.2) is 0 Å². The van der Waals surface area contributed by atoms with Crippen LogP contribution in [0.25, 0.3) is 0 Å². The normalized spacial score (nSPS) is 14.8. The topological polar surface area (TPSA) is 26.3 Å².